The van der Waals surface area contributed by atoms with E-state index in [4.69, 9.17) is 0 Å². The van der Waals surface area contributed by atoms with Gasteiger partial charge in [-0.2, -0.15) is 0 Å². The van der Waals surface area contributed by atoms with Gasteiger partial charge in [-0.1, -0.05) is 18.2 Å². The Bertz CT molecular complexity index is 653. The first-order valence-corrected chi connectivity index (χ1v) is 7.45. The van der Waals surface area contributed by atoms with E-state index < -0.39 is 0 Å². The Kier molecular flexibility index (Phi) is 2.51. The van der Waals surface area contributed by atoms with Crippen LogP contribution in [0.15, 0.2) is 24.4 Å². The van der Waals surface area contributed by atoms with E-state index in [1.54, 1.807) is 0 Å². The summed E-state index contributed by atoms with van der Waals surface area (Å²) >= 11 is 0. The molecule has 1 unspecified atom stereocenters. The summed E-state index contributed by atoms with van der Waals surface area (Å²) in [6.07, 6.45) is 8.67. The Balaban J connectivity index is 1.79. The number of para-hydroxylation sites is 1. The number of carbonyl (C=O) groups excluding carboxylic acids is 1. The fourth-order valence-electron chi connectivity index (χ4n) is 3.86. The van der Waals surface area contributed by atoms with Gasteiger partial charge in [0.25, 0.3) is 0 Å². The molecule has 1 aliphatic heterocycles. The number of Topliss-reactive ketones (excluding diaryl/α,β-unsaturated/α-hetero) is 1. The van der Waals surface area contributed by atoms with Gasteiger partial charge in [-0.15, -0.1) is 0 Å². The molecule has 0 saturated heterocycles. The number of ketones is 1. The molecule has 1 aromatic heterocycles. The summed E-state index contributed by atoms with van der Waals surface area (Å²) in [5.74, 6) is 0.760. The summed E-state index contributed by atoms with van der Waals surface area (Å²) in [6, 6.07) is 6.66. The van der Waals surface area contributed by atoms with Gasteiger partial charge in [-0.05, 0) is 43.2 Å². The first-order chi connectivity index (χ1) is 9.33. The Labute approximate surface area is 113 Å². The van der Waals surface area contributed by atoms with Crippen LogP contribution in [0.4, 0.5) is 0 Å². The van der Waals surface area contributed by atoms with Crippen molar-refractivity contribution in [2.45, 2.75) is 45.1 Å². The molecule has 2 nitrogen and oxygen atoms in total. The normalized spacial score (nSPS) is 22.3. The largest absolute Gasteiger partial charge is 0.347 e. The first-order valence-electron chi connectivity index (χ1n) is 7.45. The molecule has 2 aliphatic rings. The molecule has 2 heteroatoms. The van der Waals surface area contributed by atoms with Crippen molar-refractivity contribution in [1.29, 1.82) is 0 Å². The number of hydrogen-bond donors (Lipinski definition) is 0. The van der Waals surface area contributed by atoms with Gasteiger partial charge in [0.2, 0.25) is 0 Å². The average molecular weight is 253 g/mol. The summed E-state index contributed by atoms with van der Waals surface area (Å²) in [5.41, 5.74) is 4.29. The number of aromatic nitrogens is 1. The number of rotatable bonds is 2. The van der Waals surface area contributed by atoms with Gasteiger partial charge in [0.05, 0.1) is 5.52 Å². The third-order valence-corrected chi connectivity index (χ3v) is 4.81. The van der Waals surface area contributed by atoms with Gasteiger partial charge >= 0.3 is 0 Å². The first kappa shape index (κ1) is 11.3. The standard InChI is InChI=1S/C17H19NO/c19-16-8-2-5-13(16)10-14-11-18-9-3-6-12-4-1-7-15(14)17(12)18/h1,4,7,11,13H,2-3,5-6,8-10H2. The van der Waals surface area contributed by atoms with Crippen molar-refractivity contribution >= 4 is 16.7 Å². The molecule has 2 aromatic rings. The second kappa shape index (κ2) is 4.22. The van der Waals surface area contributed by atoms with Gasteiger partial charge in [0, 0.05) is 30.5 Å². The Hall–Kier alpha value is -1.57. The van der Waals surface area contributed by atoms with Crippen molar-refractivity contribution in [3.05, 3.63) is 35.5 Å². The van der Waals surface area contributed by atoms with E-state index in [0.29, 0.717) is 5.78 Å². The molecular weight excluding hydrogens is 234 g/mol. The van der Waals surface area contributed by atoms with Crippen molar-refractivity contribution in [2.24, 2.45) is 5.92 Å². The van der Waals surface area contributed by atoms with Crippen LogP contribution in [0.25, 0.3) is 10.9 Å². The highest BCUT2D eigenvalue weighted by Gasteiger charge is 2.26. The minimum atomic E-state index is 0.281. The van der Waals surface area contributed by atoms with E-state index >= 15 is 0 Å². The summed E-state index contributed by atoms with van der Waals surface area (Å²) in [7, 11) is 0. The lowest BCUT2D eigenvalue weighted by atomic mass is 9.96. The molecule has 0 N–H and O–H groups in total. The van der Waals surface area contributed by atoms with E-state index in [1.807, 2.05) is 0 Å². The highest BCUT2D eigenvalue weighted by Crippen LogP contribution is 2.33. The fraction of sp³-hybridized carbons (Fsp3) is 0.471. The third-order valence-electron chi connectivity index (χ3n) is 4.81. The summed E-state index contributed by atoms with van der Waals surface area (Å²) in [4.78, 5) is 11.9. The molecule has 1 atom stereocenters. The summed E-state index contributed by atoms with van der Waals surface area (Å²) in [6.45, 7) is 1.13. The molecule has 2 heterocycles. The van der Waals surface area contributed by atoms with E-state index in [9.17, 15) is 4.79 Å². The van der Waals surface area contributed by atoms with Gasteiger partial charge in [-0.25, -0.2) is 0 Å². The Morgan fingerprint density at radius 2 is 2.16 bits per heavy atom. The molecule has 19 heavy (non-hydrogen) atoms. The molecule has 1 fully saturated rings. The minimum absolute atomic E-state index is 0.281. The van der Waals surface area contributed by atoms with Crippen LogP contribution in [0.2, 0.25) is 0 Å². The van der Waals surface area contributed by atoms with Crippen molar-refractivity contribution in [1.82, 2.24) is 4.57 Å². The summed E-state index contributed by atoms with van der Waals surface area (Å²) in [5, 5.41) is 1.39. The Morgan fingerprint density at radius 1 is 1.21 bits per heavy atom. The topological polar surface area (TPSA) is 22.0 Å². The minimum Gasteiger partial charge on any atom is -0.347 e. The zero-order chi connectivity index (χ0) is 12.8. The molecule has 98 valence electrons. The highest BCUT2D eigenvalue weighted by atomic mass is 16.1. The number of nitrogens with zero attached hydrogens (tertiary/aromatic N) is 1. The smallest absolute Gasteiger partial charge is 0.136 e. The lowest BCUT2D eigenvalue weighted by Gasteiger charge is -2.14. The van der Waals surface area contributed by atoms with Gasteiger partial charge in [0.1, 0.15) is 5.78 Å². The molecular formula is C17H19NO. The molecule has 1 aromatic carbocycles. The molecule has 1 saturated carbocycles. The van der Waals surface area contributed by atoms with Gasteiger partial charge in [0.15, 0.2) is 0 Å². The number of benzene rings is 1. The van der Waals surface area contributed by atoms with Gasteiger partial charge in [-0.3, -0.25) is 4.79 Å². The average Bonchev–Trinajstić information content (AvgIpc) is 2.98. The van der Waals surface area contributed by atoms with Crippen LogP contribution in [-0.4, -0.2) is 10.4 Å². The van der Waals surface area contributed by atoms with Gasteiger partial charge < -0.3 is 4.57 Å². The van der Waals surface area contributed by atoms with Crippen LogP contribution in [0.5, 0.6) is 0 Å². The maximum Gasteiger partial charge on any atom is 0.136 e. The van der Waals surface area contributed by atoms with E-state index in [0.717, 1.165) is 32.2 Å². The molecule has 0 spiro atoms. The maximum atomic E-state index is 11.9. The zero-order valence-electron chi connectivity index (χ0n) is 11.2. The highest BCUT2D eigenvalue weighted by molar-refractivity contribution is 5.89. The van der Waals surface area contributed by atoms with Crippen molar-refractivity contribution in [3.63, 3.8) is 0 Å². The summed E-state index contributed by atoms with van der Waals surface area (Å²) < 4.78 is 2.41. The van der Waals surface area contributed by atoms with E-state index in [-0.39, 0.29) is 5.92 Å². The SMILES string of the molecule is O=C1CCCC1Cc1cn2c3c(cccc13)CCC2. The van der Waals surface area contributed by atoms with Crippen LogP contribution in [0.1, 0.15) is 36.8 Å². The van der Waals surface area contributed by atoms with E-state index in [2.05, 4.69) is 29.0 Å². The molecule has 0 amide bonds. The van der Waals surface area contributed by atoms with Crippen LogP contribution in [-0.2, 0) is 24.2 Å². The van der Waals surface area contributed by atoms with Crippen LogP contribution in [0.3, 0.4) is 0 Å². The monoisotopic (exact) mass is 253 g/mol. The second-order valence-electron chi connectivity index (χ2n) is 6.02. The Morgan fingerprint density at radius 3 is 3.00 bits per heavy atom. The predicted octanol–water partition coefficient (Wildman–Crippen LogP) is 3.50. The maximum absolute atomic E-state index is 11.9. The number of hydrogen-bond acceptors (Lipinski definition) is 1. The molecule has 0 radical (unpaired) electrons. The van der Waals surface area contributed by atoms with Crippen LogP contribution < -0.4 is 0 Å². The van der Waals surface area contributed by atoms with Crippen LogP contribution in [0, 0.1) is 5.92 Å². The molecule has 4 rings (SSSR count). The number of aryl methyl sites for hydroxylation is 2. The van der Waals surface area contributed by atoms with Crippen LogP contribution >= 0.6 is 0 Å². The zero-order valence-corrected chi connectivity index (χ0v) is 11.2. The van der Waals surface area contributed by atoms with Crippen molar-refractivity contribution in [3.8, 4) is 0 Å². The van der Waals surface area contributed by atoms with Crippen molar-refractivity contribution < 1.29 is 4.79 Å². The fourth-order valence-corrected chi connectivity index (χ4v) is 3.86. The lowest BCUT2D eigenvalue weighted by molar-refractivity contribution is -0.120. The lowest BCUT2D eigenvalue weighted by Crippen LogP contribution is -2.09. The quantitative estimate of drug-likeness (QED) is 0.803. The molecule has 0 bridgehead atoms. The van der Waals surface area contributed by atoms with E-state index in [1.165, 1.54) is 34.9 Å². The number of carbonyl (C=O) groups is 1. The van der Waals surface area contributed by atoms with Crippen molar-refractivity contribution in [2.75, 3.05) is 0 Å². The predicted molar refractivity (Wildman–Crippen MR) is 76.3 cm³/mol. The third kappa shape index (κ3) is 1.73. The second-order valence-corrected chi connectivity index (χ2v) is 6.02. The molecule has 1 aliphatic carbocycles.